The van der Waals surface area contributed by atoms with E-state index in [9.17, 15) is 9.59 Å². The number of methoxy groups -OCH3 is 1. The van der Waals surface area contributed by atoms with Gasteiger partial charge in [0.15, 0.2) is 0 Å². The van der Waals surface area contributed by atoms with Crippen LogP contribution in [-0.2, 0) is 14.9 Å². The van der Waals surface area contributed by atoms with Crippen molar-refractivity contribution in [3.63, 3.8) is 0 Å². The molecule has 1 atom stereocenters. The molecule has 4 nitrogen and oxygen atoms in total. The summed E-state index contributed by atoms with van der Waals surface area (Å²) in [6.07, 6.45) is 7.47. The largest absolute Gasteiger partial charge is 0.467 e. The highest BCUT2D eigenvalue weighted by atomic mass is 16.5. The first kappa shape index (κ1) is 22.2. The van der Waals surface area contributed by atoms with Crippen molar-refractivity contribution in [1.82, 2.24) is 5.32 Å². The van der Waals surface area contributed by atoms with Crippen LogP contribution < -0.4 is 5.32 Å². The lowest BCUT2D eigenvalue weighted by Crippen LogP contribution is -2.41. The highest BCUT2D eigenvalue weighted by Gasteiger charge is 2.22. The molecule has 1 aromatic carbocycles. The average Bonchev–Trinajstić information content (AvgIpc) is 2.62. The van der Waals surface area contributed by atoms with E-state index in [0.29, 0.717) is 12.0 Å². The van der Waals surface area contributed by atoms with Crippen LogP contribution in [0.5, 0.6) is 0 Å². The van der Waals surface area contributed by atoms with E-state index in [1.165, 1.54) is 38.4 Å². The third-order valence-electron chi connectivity index (χ3n) is 4.65. The average molecular weight is 362 g/mol. The number of rotatable bonds is 10. The molecule has 146 valence electrons. The molecule has 0 aromatic heterocycles. The molecule has 0 aliphatic carbocycles. The van der Waals surface area contributed by atoms with E-state index >= 15 is 0 Å². The third-order valence-corrected chi connectivity index (χ3v) is 4.65. The molecule has 26 heavy (non-hydrogen) atoms. The zero-order chi connectivity index (χ0) is 19.6. The molecule has 0 fully saturated rings. The minimum absolute atomic E-state index is 0.0430. The number of benzene rings is 1. The van der Waals surface area contributed by atoms with Crippen LogP contribution in [0.2, 0.25) is 0 Å². The summed E-state index contributed by atoms with van der Waals surface area (Å²) in [5, 5.41) is 2.83. The van der Waals surface area contributed by atoms with Crippen LogP contribution in [0, 0.1) is 0 Å². The fourth-order valence-corrected chi connectivity index (χ4v) is 2.88. The number of carbonyl (C=O) groups excluding carboxylic acids is 2. The monoisotopic (exact) mass is 361 g/mol. The Morgan fingerprint density at radius 1 is 1.00 bits per heavy atom. The van der Waals surface area contributed by atoms with Gasteiger partial charge in [0.25, 0.3) is 5.91 Å². The summed E-state index contributed by atoms with van der Waals surface area (Å²) in [6, 6.07) is 6.98. The molecule has 1 amide bonds. The zero-order valence-electron chi connectivity index (χ0n) is 17.1. The van der Waals surface area contributed by atoms with Crippen molar-refractivity contribution < 1.29 is 14.3 Å². The SMILES string of the molecule is CCCCCCCC[C@@H](NC(=O)c1ccc(C(C)(C)C)cc1)C(=O)OC. The lowest BCUT2D eigenvalue weighted by molar-refractivity contribution is -0.143. The molecule has 0 aliphatic heterocycles. The Labute approximate surface area is 158 Å². The van der Waals surface area contributed by atoms with Crippen LogP contribution in [0.25, 0.3) is 0 Å². The molecule has 0 spiro atoms. The number of esters is 1. The molecule has 1 aromatic rings. The number of nitrogens with one attached hydrogen (secondary N) is 1. The van der Waals surface area contributed by atoms with Gasteiger partial charge in [-0.25, -0.2) is 4.79 Å². The molecule has 1 rings (SSSR count). The van der Waals surface area contributed by atoms with E-state index in [2.05, 4.69) is 33.0 Å². The van der Waals surface area contributed by atoms with Gasteiger partial charge in [0, 0.05) is 5.56 Å². The van der Waals surface area contributed by atoms with Crippen LogP contribution in [0.3, 0.4) is 0 Å². The number of unbranched alkanes of at least 4 members (excludes halogenated alkanes) is 5. The number of hydrogen-bond donors (Lipinski definition) is 1. The van der Waals surface area contributed by atoms with Crippen molar-refractivity contribution in [1.29, 1.82) is 0 Å². The van der Waals surface area contributed by atoms with Crippen molar-refractivity contribution in [2.75, 3.05) is 7.11 Å². The first-order chi connectivity index (χ1) is 12.3. The normalized spacial score (nSPS) is 12.5. The molecule has 0 heterocycles. The maximum atomic E-state index is 12.5. The van der Waals surface area contributed by atoms with Crippen LogP contribution >= 0.6 is 0 Å². The summed E-state index contributed by atoms with van der Waals surface area (Å²) in [4.78, 5) is 24.5. The van der Waals surface area contributed by atoms with Crippen LogP contribution in [-0.4, -0.2) is 25.0 Å². The minimum Gasteiger partial charge on any atom is -0.467 e. The van der Waals surface area contributed by atoms with E-state index < -0.39 is 6.04 Å². The second-order valence-electron chi connectivity index (χ2n) is 7.93. The second-order valence-corrected chi connectivity index (χ2v) is 7.93. The maximum Gasteiger partial charge on any atom is 0.328 e. The Morgan fingerprint density at radius 3 is 2.12 bits per heavy atom. The second kappa shape index (κ2) is 11.0. The number of amides is 1. The van der Waals surface area contributed by atoms with E-state index in [0.717, 1.165) is 12.8 Å². The number of carbonyl (C=O) groups is 2. The highest BCUT2D eigenvalue weighted by Crippen LogP contribution is 2.22. The molecule has 0 bridgehead atoms. The summed E-state index contributed by atoms with van der Waals surface area (Å²) < 4.78 is 4.85. The van der Waals surface area contributed by atoms with Crippen molar-refractivity contribution in [2.24, 2.45) is 0 Å². The Morgan fingerprint density at radius 2 is 1.58 bits per heavy atom. The number of ether oxygens (including phenoxy) is 1. The lowest BCUT2D eigenvalue weighted by atomic mass is 9.86. The fraction of sp³-hybridized carbons (Fsp3) is 0.636. The van der Waals surface area contributed by atoms with Crippen molar-refractivity contribution in [3.8, 4) is 0 Å². The zero-order valence-corrected chi connectivity index (χ0v) is 17.1. The Kier molecular flexibility index (Phi) is 9.39. The molecular formula is C22H35NO3. The molecule has 0 radical (unpaired) electrons. The first-order valence-corrected chi connectivity index (χ1v) is 9.78. The van der Waals surface area contributed by atoms with Gasteiger partial charge in [-0.3, -0.25) is 4.79 Å². The molecular weight excluding hydrogens is 326 g/mol. The quantitative estimate of drug-likeness (QED) is 0.471. The van der Waals surface area contributed by atoms with Gasteiger partial charge in [-0.15, -0.1) is 0 Å². The van der Waals surface area contributed by atoms with Gasteiger partial charge in [0.05, 0.1) is 7.11 Å². The van der Waals surface area contributed by atoms with Crippen LogP contribution in [0.1, 0.15) is 88.6 Å². The topological polar surface area (TPSA) is 55.4 Å². The summed E-state index contributed by atoms with van der Waals surface area (Å²) in [6.45, 7) is 8.60. The lowest BCUT2D eigenvalue weighted by Gasteiger charge is -2.20. The summed E-state index contributed by atoms with van der Waals surface area (Å²) in [7, 11) is 1.36. The van der Waals surface area contributed by atoms with Gasteiger partial charge in [0.1, 0.15) is 6.04 Å². The van der Waals surface area contributed by atoms with Gasteiger partial charge < -0.3 is 10.1 Å². The van der Waals surface area contributed by atoms with Gasteiger partial charge in [-0.2, -0.15) is 0 Å². The van der Waals surface area contributed by atoms with Gasteiger partial charge >= 0.3 is 5.97 Å². The Bertz CT molecular complexity index is 558. The van der Waals surface area contributed by atoms with Gasteiger partial charge in [-0.1, -0.05) is 78.4 Å². The molecule has 1 N–H and O–H groups in total. The van der Waals surface area contributed by atoms with Gasteiger partial charge in [0.2, 0.25) is 0 Å². The molecule has 0 aliphatic rings. The molecule has 0 saturated carbocycles. The van der Waals surface area contributed by atoms with E-state index in [-0.39, 0.29) is 17.3 Å². The summed E-state index contributed by atoms with van der Waals surface area (Å²) in [5.74, 6) is -0.606. The first-order valence-electron chi connectivity index (χ1n) is 9.78. The van der Waals surface area contributed by atoms with E-state index in [1.807, 2.05) is 24.3 Å². The van der Waals surface area contributed by atoms with Crippen molar-refractivity contribution >= 4 is 11.9 Å². The Balaban J connectivity index is 2.60. The predicted molar refractivity (Wildman–Crippen MR) is 106 cm³/mol. The van der Waals surface area contributed by atoms with Crippen LogP contribution in [0.4, 0.5) is 0 Å². The third kappa shape index (κ3) is 7.59. The fourth-order valence-electron chi connectivity index (χ4n) is 2.88. The molecule has 0 unspecified atom stereocenters. The predicted octanol–water partition coefficient (Wildman–Crippen LogP) is 5.01. The smallest absolute Gasteiger partial charge is 0.328 e. The number of hydrogen-bond acceptors (Lipinski definition) is 3. The molecule has 4 heteroatoms. The van der Waals surface area contributed by atoms with Gasteiger partial charge in [-0.05, 0) is 29.5 Å². The van der Waals surface area contributed by atoms with Crippen LogP contribution in [0.15, 0.2) is 24.3 Å². The van der Waals surface area contributed by atoms with Crippen molar-refractivity contribution in [3.05, 3.63) is 35.4 Å². The maximum absolute atomic E-state index is 12.5. The summed E-state index contributed by atoms with van der Waals surface area (Å²) in [5.41, 5.74) is 1.78. The standard InChI is InChI=1S/C22H35NO3/c1-6-7-8-9-10-11-12-19(21(25)26-5)23-20(24)17-13-15-18(16-14-17)22(2,3)4/h13-16,19H,6-12H2,1-5H3,(H,23,24)/t19-/m1/s1. The van der Waals surface area contributed by atoms with Crippen molar-refractivity contribution in [2.45, 2.75) is 84.1 Å². The van der Waals surface area contributed by atoms with E-state index in [4.69, 9.17) is 4.74 Å². The van der Waals surface area contributed by atoms with E-state index in [1.54, 1.807) is 0 Å². The summed E-state index contributed by atoms with van der Waals surface area (Å²) >= 11 is 0. The minimum atomic E-state index is -0.582. The molecule has 0 saturated heterocycles. The highest BCUT2D eigenvalue weighted by molar-refractivity contribution is 5.96. The Hall–Kier alpha value is -1.84.